The van der Waals surface area contributed by atoms with E-state index in [1.54, 1.807) is 6.92 Å². The van der Waals surface area contributed by atoms with Gasteiger partial charge in [-0.1, -0.05) is 48.5 Å². The maximum Gasteiger partial charge on any atom is 0.408 e. The Morgan fingerprint density at radius 3 is 2.23 bits per heavy atom. The highest BCUT2D eigenvalue weighted by Gasteiger charge is 2.39. The van der Waals surface area contributed by atoms with Gasteiger partial charge in [0, 0.05) is 5.92 Å². The van der Waals surface area contributed by atoms with E-state index in [4.69, 9.17) is 14.2 Å². The van der Waals surface area contributed by atoms with E-state index in [1.807, 2.05) is 48.5 Å². The molecular formula is C25H26N2O8. The summed E-state index contributed by atoms with van der Waals surface area (Å²) in [5.41, 5.74) is 4.16. The smallest absolute Gasteiger partial charge is 0.408 e. The molecule has 1 fully saturated rings. The molecule has 3 unspecified atom stereocenters. The average molecular weight is 482 g/mol. The number of aliphatic carboxylic acids is 1. The fraction of sp³-hybridized carbons (Fsp3) is 0.360. The van der Waals surface area contributed by atoms with Crippen molar-refractivity contribution in [2.75, 3.05) is 26.4 Å². The standard InChI is InChI=1S/C25H26N2O8/c1-2-34-24(31)21(22(28)26-20-13-33-11-19(20)23(29)30)27-25(32)35-12-18-16-9-5-3-7-14(16)15-8-4-6-10-17(15)18/h3-10,18-21H,2,11-13H2,1H3,(H,26,28)(H,27,32)(H,29,30). The lowest BCUT2D eigenvalue weighted by Gasteiger charge is -2.21. The topological polar surface area (TPSA) is 140 Å². The monoisotopic (exact) mass is 482 g/mol. The first kappa shape index (κ1) is 24.2. The number of nitrogens with one attached hydrogen (secondary N) is 2. The van der Waals surface area contributed by atoms with Crippen LogP contribution in [-0.4, -0.2) is 67.6 Å². The Hall–Kier alpha value is -3.92. The fourth-order valence-electron chi connectivity index (χ4n) is 4.42. The lowest BCUT2D eigenvalue weighted by atomic mass is 9.98. The molecule has 2 aromatic carbocycles. The van der Waals surface area contributed by atoms with Crippen LogP contribution in [0.3, 0.4) is 0 Å². The van der Waals surface area contributed by atoms with Gasteiger partial charge in [-0.25, -0.2) is 9.59 Å². The fourth-order valence-corrected chi connectivity index (χ4v) is 4.42. The third-order valence-corrected chi connectivity index (χ3v) is 6.12. The van der Waals surface area contributed by atoms with Gasteiger partial charge in [0.1, 0.15) is 12.5 Å². The largest absolute Gasteiger partial charge is 0.481 e. The van der Waals surface area contributed by atoms with Gasteiger partial charge in [-0.3, -0.25) is 14.9 Å². The minimum absolute atomic E-state index is 0.00538. The molecule has 0 radical (unpaired) electrons. The quantitative estimate of drug-likeness (QED) is 0.381. The van der Waals surface area contributed by atoms with Crippen molar-refractivity contribution in [3.05, 3.63) is 59.7 Å². The Bertz CT molecular complexity index is 1090. The lowest BCUT2D eigenvalue weighted by Crippen LogP contribution is -2.56. The van der Waals surface area contributed by atoms with Crippen molar-refractivity contribution in [2.45, 2.75) is 24.9 Å². The summed E-state index contributed by atoms with van der Waals surface area (Å²) in [4.78, 5) is 49.1. The first-order chi connectivity index (χ1) is 16.9. The van der Waals surface area contributed by atoms with Gasteiger partial charge >= 0.3 is 18.0 Å². The van der Waals surface area contributed by atoms with Gasteiger partial charge in [-0.05, 0) is 29.2 Å². The molecule has 1 aliphatic heterocycles. The number of ether oxygens (including phenoxy) is 3. The zero-order valence-electron chi connectivity index (χ0n) is 19.1. The number of alkyl carbamates (subject to hydrolysis) is 1. The molecule has 3 atom stereocenters. The first-order valence-corrected chi connectivity index (χ1v) is 11.3. The molecule has 1 saturated heterocycles. The average Bonchev–Trinajstić information content (AvgIpc) is 3.44. The van der Waals surface area contributed by atoms with Crippen LogP contribution in [0.1, 0.15) is 24.0 Å². The van der Waals surface area contributed by atoms with Crippen molar-refractivity contribution in [3.8, 4) is 11.1 Å². The van der Waals surface area contributed by atoms with Gasteiger partial charge in [0.25, 0.3) is 5.91 Å². The van der Waals surface area contributed by atoms with Crippen molar-refractivity contribution in [1.29, 1.82) is 0 Å². The van der Waals surface area contributed by atoms with Crippen molar-refractivity contribution >= 4 is 23.9 Å². The second-order valence-electron chi connectivity index (χ2n) is 8.25. The summed E-state index contributed by atoms with van der Waals surface area (Å²) in [5, 5.41) is 14.0. The maximum atomic E-state index is 12.8. The number of rotatable bonds is 8. The van der Waals surface area contributed by atoms with E-state index in [-0.39, 0.29) is 32.3 Å². The van der Waals surface area contributed by atoms with E-state index in [1.165, 1.54) is 0 Å². The minimum atomic E-state index is -1.71. The Labute approximate surface area is 201 Å². The maximum absolute atomic E-state index is 12.8. The van der Waals surface area contributed by atoms with E-state index in [2.05, 4.69) is 10.6 Å². The zero-order valence-corrected chi connectivity index (χ0v) is 19.1. The molecule has 2 aromatic rings. The summed E-state index contributed by atoms with van der Waals surface area (Å²) in [6.45, 7) is 1.45. The summed E-state index contributed by atoms with van der Waals surface area (Å²) in [6, 6.07) is 13.1. The van der Waals surface area contributed by atoms with Crippen molar-refractivity contribution in [1.82, 2.24) is 10.6 Å². The van der Waals surface area contributed by atoms with Crippen molar-refractivity contribution in [3.63, 3.8) is 0 Å². The van der Waals surface area contributed by atoms with E-state index >= 15 is 0 Å². The Balaban J connectivity index is 1.43. The summed E-state index contributed by atoms with van der Waals surface area (Å²) in [7, 11) is 0. The zero-order chi connectivity index (χ0) is 24.9. The summed E-state index contributed by atoms with van der Waals surface area (Å²) >= 11 is 0. The highest BCUT2D eigenvalue weighted by atomic mass is 16.6. The molecule has 35 heavy (non-hydrogen) atoms. The molecule has 1 heterocycles. The van der Waals surface area contributed by atoms with Crippen molar-refractivity contribution in [2.24, 2.45) is 5.92 Å². The van der Waals surface area contributed by atoms with Crippen LogP contribution in [0, 0.1) is 5.92 Å². The summed E-state index contributed by atoms with van der Waals surface area (Å²) in [6.07, 6.45) is -0.975. The lowest BCUT2D eigenvalue weighted by molar-refractivity contribution is -0.149. The number of fused-ring (bicyclic) bond motifs is 3. The van der Waals surface area contributed by atoms with Crippen LogP contribution in [0.15, 0.2) is 48.5 Å². The van der Waals surface area contributed by atoms with Crippen LogP contribution >= 0.6 is 0 Å². The molecular weight excluding hydrogens is 456 g/mol. The van der Waals surface area contributed by atoms with Crippen molar-refractivity contribution < 1.29 is 38.5 Å². The Morgan fingerprint density at radius 1 is 1.00 bits per heavy atom. The number of carbonyl (C=O) groups excluding carboxylic acids is 3. The normalized spacial score (nSPS) is 19.2. The predicted molar refractivity (Wildman–Crippen MR) is 123 cm³/mol. The van der Waals surface area contributed by atoms with Crippen LogP contribution in [0.25, 0.3) is 11.1 Å². The molecule has 3 N–H and O–H groups in total. The molecule has 184 valence electrons. The first-order valence-electron chi connectivity index (χ1n) is 11.3. The third-order valence-electron chi connectivity index (χ3n) is 6.12. The molecule has 4 rings (SSSR count). The molecule has 1 aliphatic carbocycles. The Kier molecular flexibility index (Phi) is 7.31. The SMILES string of the molecule is CCOC(=O)C(NC(=O)OCC1c2ccccc2-c2ccccc21)C(=O)NC1COCC1C(=O)O. The molecule has 0 bridgehead atoms. The summed E-state index contributed by atoms with van der Waals surface area (Å²) in [5.74, 6) is -4.18. The molecule has 0 spiro atoms. The molecule has 0 aromatic heterocycles. The van der Waals surface area contributed by atoms with E-state index < -0.39 is 41.9 Å². The second kappa shape index (κ2) is 10.6. The predicted octanol–water partition coefficient (Wildman–Crippen LogP) is 1.67. The molecule has 2 amide bonds. The second-order valence-corrected chi connectivity index (χ2v) is 8.25. The number of hydrogen-bond donors (Lipinski definition) is 3. The number of carboxylic acids is 1. The third kappa shape index (κ3) is 5.12. The Morgan fingerprint density at radius 2 is 1.63 bits per heavy atom. The number of esters is 1. The van der Waals surface area contributed by atoms with Gasteiger partial charge in [0.05, 0.1) is 25.9 Å². The minimum Gasteiger partial charge on any atom is -0.481 e. The van der Waals surface area contributed by atoms with E-state index in [0.29, 0.717) is 0 Å². The van der Waals surface area contributed by atoms with Crippen LogP contribution < -0.4 is 10.6 Å². The van der Waals surface area contributed by atoms with Crippen LogP contribution in [0.4, 0.5) is 4.79 Å². The summed E-state index contributed by atoms with van der Waals surface area (Å²) < 4.78 is 15.5. The number of hydrogen-bond acceptors (Lipinski definition) is 7. The van der Waals surface area contributed by atoms with E-state index in [0.717, 1.165) is 22.3 Å². The highest BCUT2D eigenvalue weighted by molar-refractivity contribution is 6.04. The van der Waals surface area contributed by atoms with Gasteiger partial charge < -0.3 is 24.6 Å². The van der Waals surface area contributed by atoms with E-state index in [9.17, 15) is 24.3 Å². The number of carboxylic acid groups (broad SMARTS) is 1. The van der Waals surface area contributed by atoms with Gasteiger partial charge in [0.15, 0.2) is 0 Å². The molecule has 0 saturated carbocycles. The van der Waals surface area contributed by atoms with Crippen LogP contribution in [0.5, 0.6) is 0 Å². The van der Waals surface area contributed by atoms with Gasteiger partial charge in [0.2, 0.25) is 6.04 Å². The van der Waals surface area contributed by atoms with Crippen LogP contribution in [-0.2, 0) is 28.6 Å². The number of carbonyl (C=O) groups is 4. The molecule has 10 nitrogen and oxygen atoms in total. The highest BCUT2D eigenvalue weighted by Crippen LogP contribution is 2.44. The number of amides is 2. The molecule has 2 aliphatic rings. The van der Waals surface area contributed by atoms with Gasteiger partial charge in [-0.15, -0.1) is 0 Å². The van der Waals surface area contributed by atoms with Crippen LogP contribution in [0.2, 0.25) is 0 Å². The number of benzene rings is 2. The molecule has 10 heteroatoms. The van der Waals surface area contributed by atoms with Gasteiger partial charge in [-0.2, -0.15) is 0 Å².